The Bertz CT molecular complexity index is 487. The van der Waals surface area contributed by atoms with Crippen LogP contribution in [0.3, 0.4) is 0 Å². The van der Waals surface area contributed by atoms with E-state index in [1.54, 1.807) is 0 Å². The summed E-state index contributed by atoms with van der Waals surface area (Å²) in [5.41, 5.74) is 7.49. The number of nitrogens with two attached hydrogens (primary N) is 1. The molecule has 0 spiro atoms. The summed E-state index contributed by atoms with van der Waals surface area (Å²) in [6, 6.07) is 8.14. The van der Waals surface area contributed by atoms with Gasteiger partial charge in [0.2, 0.25) is 0 Å². The Kier molecular flexibility index (Phi) is 3.88. The maximum absolute atomic E-state index is 5.96. The average molecular weight is 292 g/mol. The quantitative estimate of drug-likeness (QED) is 0.647. The van der Waals surface area contributed by atoms with Crippen LogP contribution in [0.1, 0.15) is 37.7 Å². The molecule has 4 heteroatoms. The van der Waals surface area contributed by atoms with Crippen LogP contribution < -0.4 is 11.1 Å². The third-order valence-corrected chi connectivity index (χ3v) is 4.91. The van der Waals surface area contributed by atoms with Crippen molar-refractivity contribution in [2.75, 3.05) is 13.1 Å². The molecule has 0 bridgehead atoms. The van der Waals surface area contributed by atoms with Crippen LogP contribution in [0.4, 0.5) is 0 Å². The minimum Gasteiger partial charge on any atom is -0.370 e. The molecule has 2 aliphatic rings. The molecule has 0 saturated heterocycles. The Morgan fingerprint density at radius 3 is 2.55 bits per heavy atom. The second-order valence-corrected chi connectivity index (χ2v) is 6.60. The van der Waals surface area contributed by atoms with Gasteiger partial charge in [-0.1, -0.05) is 30.2 Å². The van der Waals surface area contributed by atoms with E-state index in [-0.39, 0.29) is 5.41 Å². The first-order chi connectivity index (χ1) is 9.68. The van der Waals surface area contributed by atoms with Gasteiger partial charge in [-0.2, -0.15) is 0 Å². The monoisotopic (exact) mass is 291 g/mol. The molecule has 3 nitrogen and oxygen atoms in total. The van der Waals surface area contributed by atoms with E-state index < -0.39 is 0 Å². The van der Waals surface area contributed by atoms with E-state index in [0.717, 1.165) is 24.0 Å². The Morgan fingerprint density at radius 1 is 1.30 bits per heavy atom. The number of rotatable bonds is 5. The number of aliphatic imine (C=N–C) groups is 1. The molecule has 0 aromatic heterocycles. The van der Waals surface area contributed by atoms with E-state index in [2.05, 4.69) is 22.4 Å². The topological polar surface area (TPSA) is 50.4 Å². The number of hydrogen-bond donors (Lipinski definition) is 2. The van der Waals surface area contributed by atoms with Crippen LogP contribution in [0.2, 0.25) is 5.02 Å². The second-order valence-electron chi connectivity index (χ2n) is 6.17. The Labute approximate surface area is 125 Å². The van der Waals surface area contributed by atoms with Crippen LogP contribution in [0.5, 0.6) is 0 Å². The van der Waals surface area contributed by atoms with Crippen LogP contribution in [0.15, 0.2) is 29.3 Å². The zero-order valence-corrected chi connectivity index (χ0v) is 12.5. The predicted octanol–water partition coefficient (Wildman–Crippen LogP) is 3.08. The summed E-state index contributed by atoms with van der Waals surface area (Å²) in [6.45, 7) is 1.75. The molecule has 3 N–H and O–H groups in total. The van der Waals surface area contributed by atoms with E-state index in [1.807, 2.05) is 12.1 Å². The number of hydrogen-bond acceptors (Lipinski definition) is 1. The molecule has 2 saturated carbocycles. The molecular formula is C16H22ClN3. The highest BCUT2D eigenvalue weighted by Crippen LogP contribution is 2.48. The fraction of sp³-hybridized carbons (Fsp3) is 0.562. The molecule has 1 aromatic carbocycles. The summed E-state index contributed by atoms with van der Waals surface area (Å²) in [7, 11) is 0. The van der Waals surface area contributed by atoms with Crippen molar-refractivity contribution in [2.45, 2.75) is 37.5 Å². The highest BCUT2D eigenvalue weighted by atomic mass is 35.5. The van der Waals surface area contributed by atoms with Crippen molar-refractivity contribution in [1.29, 1.82) is 0 Å². The van der Waals surface area contributed by atoms with E-state index in [4.69, 9.17) is 17.3 Å². The summed E-state index contributed by atoms with van der Waals surface area (Å²) >= 11 is 5.94. The van der Waals surface area contributed by atoms with E-state index in [0.29, 0.717) is 5.96 Å². The van der Waals surface area contributed by atoms with Crippen LogP contribution in [0.25, 0.3) is 0 Å². The number of nitrogens with one attached hydrogen (secondary N) is 1. The normalized spacial score (nSPS) is 21.4. The van der Waals surface area contributed by atoms with Gasteiger partial charge >= 0.3 is 0 Å². The highest BCUT2D eigenvalue weighted by molar-refractivity contribution is 6.30. The van der Waals surface area contributed by atoms with E-state index in [9.17, 15) is 0 Å². The summed E-state index contributed by atoms with van der Waals surface area (Å²) in [5.74, 6) is 1.40. The van der Waals surface area contributed by atoms with Crippen molar-refractivity contribution >= 4 is 17.6 Å². The minimum absolute atomic E-state index is 0.202. The molecule has 0 atom stereocenters. The summed E-state index contributed by atoms with van der Waals surface area (Å²) in [6.07, 6.45) is 6.40. The van der Waals surface area contributed by atoms with Crippen LogP contribution >= 0.6 is 11.6 Å². The van der Waals surface area contributed by atoms with Gasteiger partial charge in [0.05, 0.1) is 6.54 Å². The van der Waals surface area contributed by atoms with Crippen molar-refractivity contribution in [3.8, 4) is 0 Å². The summed E-state index contributed by atoms with van der Waals surface area (Å²) < 4.78 is 0. The van der Waals surface area contributed by atoms with Crippen molar-refractivity contribution in [2.24, 2.45) is 16.6 Å². The zero-order valence-electron chi connectivity index (χ0n) is 11.7. The van der Waals surface area contributed by atoms with E-state index in [1.165, 1.54) is 37.7 Å². The van der Waals surface area contributed by atoms with Gasteiger partial charge in [0.1, 0.15) is 0 Å². The Morgan fingerprint density at radius 2 is 2.00 bits per heavy atom. The fourth-order valence-corrected chi connectivity index (χ4v) is 2.86. The summed E-state index contributed by atoms with van der Waals surface area (Å²) in [4.78, 5) is 4.54. The first-order valence-corrected chi connectivity index (χ1v) is 7.86. The molecule has 0 amide bonds. The van der Waals surface area contributed by atoms with Crippen LogP contribution in [0, 0.1) is 5.92 Å². The Balaban J connectivity index is 1.54. The lowest BCUT2D eigenvalue weighted by molar-refractivity contribution is 0.315. The molecule has 108 valence electrons. The minimum atomic E-state index is 0.202. The second kappa shape index (κ2) is 5.65. The van der Waals surface area contributed by atoms with Gasteiger partial charge in [0.15, 0.2) is 5.96 Å². The molecule has 0 aliphatic heterocycles. The maximum atomic E-state index is 5.96. The first kappa shape index (κ1) is 13.7. The van der Waals surface area contributed by atoms with Gasteiger partial charge in [-0.05, 0) is 49.3 Å². The number of halogens is 1. The molecule has 1 aromatic rings. The van der Waals surface area contributed by atoms with Crippen molar-refractivity contribution < 1.29 is 0 Å². The van der Waals surface area contributed by atoms with Crippen molar-refractivity contribution in [3.05, 3.63) is 34.9 Å². The van der Waals surface area contributed by atoms with Gasteiger partial charge in [0, 0.05) is 17.0 Å². The largest absolute Gasteiger partial charge is 0.370 e. The highest BCUT2D eigenvalue weighted by Gasteiger charge is 2.44. The average Bonchev–Trinajstić information content (AvgIpc) is 3.16. The smallest absolute Gasteiger partial charge is 0.188 e. The van der Waals surface area contributed by atoms with Gasteiger partial charge in [-0.3, -0.25) is 4.99 Å². The van der Waals surface area contributed by atoms with Gasteiger partial charge in [0.25, 0.3) is 0 Å². The Hall–Kier alpha value is -1.22. The van der Waals surface area contributed by atoms with E-state index >= 15 is 0 Å². The van der Waals surface area contributed by atoms with Gasteiger partial charge < -0.3 is 11.1 Å². The molecule has 2 aliphatic carbocycles. The van der Waals surface area contributed by atoms with Crippen LogP contribution in [-0.2, 0) is 5.41 Å². The fourth-order valence-electron chi connectivity index (χ4n) is 2.73. The van der Waals surface area contributed by atoms with Crippen LogP contribution in [-0.4, -0.2) is 19.0 Å². The molecule has 2 fully saturated rings. The molecule has 0 radical (unpaired) electrons. The maximum Gasteiger partial charge on any atom is 0.188 e. The third-order valence-electron chi connectivity index (χ3n) is 4.66. The number of nitrogens with zero attached hydrogens (tertiary/aromatic N) is 1. The molecular weight excluding hydrogens is 270 g/mol. The number of guanidine groups is 1. The third kappa shape index (κ3) is 3.09. The standard InChI is InChI=1S/C16H22ClN3/c17-14-6-4-13(5-7-14)16(8-9-16)11-20-15(18)19-10-12-2-1-3-12/h4-7,12H,1-3,8-11H2,(H3,18,19,20). The molecule has 3 rings (SSSR count). The molecule has 20 heavy (non-hydrogen) atoms. The lowest BCUT2D eigenvalue weighted by Gasteiger charge is -2.25. The molecule has 0 unspecified atom stereocenters. The lowest BCUT2D eigenvalue weighted by atomic mass is 9.85. The SMILES string of the molecule is NC(=NCC1(c2ccc(Cl)cc2)CC1)NCC1CCC1. The van der Waals surface area contributed by atoms with Gasteiger partial charge in [-0.15, -0.1) is 0 Å². The lowest BCUT2D eigenvalue weighted by Crippen LogP contribution is -2.37. The predicted molar refractivity (Wildman–Crippen MR) is 84.2 cm³/mol. The first-order valence-electron chi connectivity index (χ1n) is 7.48. The molecule has 0 heterocycles. The zero-order chi connectivity index (χ0) is 14.0. The van der Waals surface area contributed by atoms with Gasteiger partial charge in [-0.25, -0.2) is 0 Å². The van der Waals surface area contributed by atoms with Crippen molar-refractivity contribution in [1.82, 2.24) is 5.32 Å². The summed E-state index contributed by atoms with van der Waals surface area (Å²) in [5, 5.41) is 4.04. The van der Waals surface area contributed by atoms with Crippen molar-refractivity contribution in [3.63, 3.8) is 0 Å². The number of benzene rings is 1.